The van der Waals surface area contributed by atoms with Crippen LogP contribution >= 0.6 is 24.0 Å². The Kier molecular flexibility index (Phi) is 3.72. The average molecular weight is 293 g/mol. The van der Waals surface area contributed by atoms with Gasteiger partial charge in [-0.1, -0.05) is 18.2 Å². The summed E-state index contributed by atoms with van der Waals surface area (Å²) < 4.78 is 7.85. The van der Waals surface area contributed by atoms with E-state index in [1.807, 2.05) is 16.3 Å². The van der Waals surface area contributed by atoms with Gasteiger partial charge in [0.15, 0.2) is 4.77 Å². The van der Waals surface area contributed by atoms with Gasteiger partial charge in [-0.2, -0.15) is 5.10 Å². The van der Waals surface area contributed by atoms with Crippen molar-refractivity contribution in [1.29, 1.82) is 0 Å². The highest BCUT2D eigenvalue weighted by molar-refractivity contribution is 7.99. The van der Waals surface area contributed by atoms with Crippen LogP contribution in [-0.2, 0) is 17.7 Å². The van der Waals surface area contributed by atoms with Gasteiger partial charge in [0.1, 0.15) is 5.82 Å². The Hall–Kier alpha value is -1.11. The number of ether oxygens (including phenoxy) is 1. The highest BCUT2D eigenvalue weighted by Gasteiger charge is 2.27. The van der Waals surface area contributed by atoms with Gasteiger partial charge in [-0.05, 0) is 30.3 Å². The second-order valence-electron chi connectivity index (χ2n) is 4.45. The third kappa shape index (κ3) is 2.48. The number of H-pyrrole nitrogens is 1. The van der Waals surface area contributed by atoms with Gasteiger partial charge >= 0.3 is 0 Å². The van der Waals surface area contributed by atoms with E-state index in [0.717, 1.165) is 18.8 Å². The van der Waals surface area contributed by atoms with Crippen LogP contribution in [0.3, 0.4) is 0 Å². The quantitative estimate of drug-likeness (QED) is 0.880. The molecule has 19 heavy (non-hydrogen) atoms. The van der Waals surface area contributed by atoms with E-state index in [9.17, 15) is 0 Å². The van der Waals surface area contributed by atoms with Gasteiger partial charge in [0.05, 0.1) is 18.4 Å². The predicted molar refractivity (Wildman–Crippen MR) is 78.0 cm³/mol. The van der Waals surface area contributed by atoms with E-state index in [4.69, 9.17) is 17.0 Å². The molecule has 1 unspecified atom stereocenters. The Morgan fingerprint density at radius 3 is 3.16 bits per heavy atom. The summed E-state index contributed by atoms with van der Waals surface area (Å²) in [6, 6.07) is 8.52. The fourth-order valence-corrected chi connectivity index (χ4v) is 3.85. The molecule has 0 radical (unpaired) electrons. The molecule has 4 nitrogen and oxygen atoms in total. The molecular formula is C13H15N3OS2. The minimum absolute atomic E-state index is 0.335. The Bertz CT molecular complexity index is 610. The van der Waals surface area contributed by atoms with Gasteiger partial charge in [-0.15, -0.1) is 11.8 Å². The SMILES string of the molecule is COCCn1c(C2Cc3ccccc3S2)n[nH]c1=S. The fraction of sp³-hybridized carbons (Fsp3) is 0.385. The Labute approximate surface area is 121 Å². The zero-order valence-corrected chi connectivity index (χ0v) is 12.3. The topological polar surface area (TPSA) is 42.8 Å². The Morgan fingerprint density at radius 1 is 1.53 bits per heavy atom. The monoisotopic (exact) mass is 293 g/mol. The molecule has 1 atom stereocenters. The molecule has 0 spiro atoms. The smallest absolute Gasteiger partial charge is 0.195 e. The molecule has 0 saturated carbocycles. The normalized spacial score (nSPS) is 17.6. The van der Waals surface area contributed by atoms with Crippen LogP contribution < -0.4 is 0 Å². The molecule has 1 aromatic carbocycles. The van der Waals surface area contributed by atoms with Crippen LogP contribution in [0.2, 0.25) is 0 Å². The van der Waals surface area contributed by atoms with Gasteiger partial charge in [0, 0.05) is 12.0 Å². The van der Waals surface area contributed by atoms with Gasteiger partial charge < -0.3 is 9.30 Å². The zero-order chi connectivity index (χ0) is 13.2. The van der Waals surface area contributed by atoms with E-state index >= 15 is 0 Å². The number of benzene rings is 1. The number of aromatic amines is 1. The minimum Gasteiger partial charge on any atom is -0.383 e. The maximum absolute atomic E-state index is 5.29. The molecule has 0 amide bonds. The second-order valence-corrected chi connectivity index (χ2v) is 6.08. The number of rotatable bonds is 4. The molecule has 0 fully saturated rings. The number of fused-ring (bicyclic) bond motifs is 1. The van der Waals surface area contributed by atoms with Gasteiger partial charge in [0.2, 0.25) is 0 Å². The molecule has 100 valence electrons. The van der Waals surface area contributed by atoms with Crippen LogP contribution in [0.1, 0.15) is 16.6 Å². The molecule has 2 heterocycles. The number of thioether (sulfide) groups is 1. The van der Waals surface area contributed by atoms with Crippen LogP contribution in [0.25, 0.3) is 0 Å². The number of nitrogens with zero attached hydrogens (tertiary/aromatic N) is 2. The van der Waals surface area contributed by atoms with Crippen LogP contribution in [0.4, 0.5) is 0 Å². The van der Waals surface area contributed by atoms with Crippen molar-refractivity contribution < 1.29 is 4.74 Å². The maximum atomic E-state index is 5.29. The van der Waals surface area contributed by atoms with Crippen molar-refractivity contribution >= 4 is 24.0 Å². The molecule has 0 aliphatic carbocycles. The van der Waals surface area contributed by atoms with Crippen LogP contribution in [0.15, 0.2) is 29.2 Å². The fourth-order valence-electron chi connectivity index (χ4n) is 2.30. The molecule has 3 rings (SSSR count). The van der Waals surface area contributed by atoms with Crippen LogP contribution in [0, 0.1) is 4.77 Å². The van der Waals surface area contributed by atoms with Crippen molar-refractivity contribution in [1.82, 2.24) is 14.8 Å². The zero-order valence-electron chi connectivity index (χ0n) is 10.6. The van der Waals surface area contributed by atoms with E-state index in [1.165, 1.54) is 10.5 Å². The predicted octanol–water partition coefficient (Wildman–Crippen LogP) is 2.98. The molecule has 1 aliphatic rings. The van der Waals surface area contributed by atoms with Gasteiger partial charge in [0.25, 0.3) is 0 Å². The highest BCUT2D eigenvalue weighted by atomic mass is 32.2. The van der Waals surface area contributed by atoms with Crippen molar-refractivity contribution in [2.45, 2.75) is 23.1 Å². The lowest BCUT2D eigenvalue weighted by molar-refractivity contribution is 0.186. The summed E-state index contributed by atoms with van der Waals surface area (Å²) in [5, 5.41) is 7.64. The highest BCUT2D eigenvalue weighted by Crippen LogP contribution is 2.45. The summed E-state index contributed by atoms with van der Waals surface area (Å²) in [5.41, 5.74) is 1.39. The third-order valence-electron chi connectivity index (χ3n) is 3.24. The number of hydrogen-bond donors (Lipinski definition) is 1. The van der Waals surface area contributed by atoms with Gasteiger partial charge in [-0.25, -0.2) is 0 Å². The molecule has 1 aliphatic heterocycles. The summed E-state index contributed by atoms with van der Waals surface area (Å²) in [5.74, 6) is 1.02. The first-order chi connectivity index (χ1) is 9.29. The van der Waals surface area contributed by atoms with Gasteiger partial charge in [-0.3, -0.25) is 5.10 Å². The molecule has 1 N–H and O–H groups in total. The first-order valence-electron chi connectivity index (χ1n) is 6.18. The lowest BCUT2D eigenvalue weighted by Gasteiger charge is -2.10. The molecule has 1 aromatic heterocycles. The maximum Gasteiger partial charge on any atom is 0.195 e. The van der Waals surface area contributed by atoms with Crippen LogP contribution in [-0.4, -0.2) is 28.5 Å². The van der Waals surface area contributed by atoms with E-state index in [-0.39, 0.29) is 0 Å². The van der Waals surface area contributed by atoms with E-state index in [0.29, 0.717) is 16.6 Å². The summed E-state index contributed by atoms with van der Waals surface area (Å²) in [4.78, 5) is 1.35. The average Bonchev–Trinajstić information content (AvgIpc) is 2.99. The first-order valence-corrected chi connectivity index (χ1v) is 7.47. The second kappa shape index (κ2) is 5.48. The summed E-state index contributed by atoms with van der Waals surface area (Å²) >= 11 is 7.15. The summed E-state index contributed by atoms with van der Waals surface area (Å²) in [6.45, 7) is 1.39. The number of methoxy groups -OCH3 is 1. The molecular weight excluding hydrogens is 278 g/mol. The minimum atomic E-state index is 0.335. The molecule has 2 aromatic rings. The van der Waals surface area contributed by atoms with Crippen molar-refractivity contribution in [3.05, 3.63) is 40.4 Å². The van der Waals surface area contributed by atoms with E-state index in [2.05, 4.69) is 34.5 Å². The third-order valence-corrected chi connectivity index (χ3v) is 4.87. The lowest BCUT2D eigenvalue weighted by atomic mass is 10.1. The van der Waals surface area contributed by atoms with Crippen molar-refractivity contribution in [3.63, 3.8) is 0 Å². The van der Waals surface area contributed by atoms with Crippen molar-refractivity contribution in [3.8, 4) is 0 Å². The summed E-state index contributed by atoms with van der Waals surface area (Å²) in [6.07, 6.45) is 1.01. The van der Waals surface area contributed by atoms with E-state index < -0.39 is 0 Å². The van der Waals surface area contributed by atoms with E-state index in [1.54, 1.807) is 7.11 Å². The Morgan fingerprint density at radius 2 is 2.37 bits per heavy atom. The van der Waals surface area contributed by atoms with Crippen molar-refractivity contribution in [2.24, 2.45) is 0 Å². The Balaban J connectivity index is 1.87. The largest absolute Gasteiger partial charge is 0.383 e. The van der Waals surface area contributed by atoms with Crippen LogP contribution in [0.5, 0.6) is 0 Å². The molecule has 6 heteroatoms. The first kappa shape index (κ1) is 12.9. The molecule has 0 bridgehead atoms. The van der Waals surface area contributed by atoms with Crippen molar-refractivity contribution in [2.75, 3.05) is 13.7 Å². The number of aromatic nitrogens is 3. The lowest BCUT2D eigenvalue weighted by Crippen LogP contribution is -2.10. The number of hydrogen-bond acceptors (Lipinski definition) is 4. The number of nitrogens with one attached hydrogen (secondary N) is 1. The molecule has 0 saturated heterocycles. The standard InChI is InChI=1S/C13H15N3OS2/c1-17-7-6-16-12(14-15-13(16)18)11-8-9-4-2-3-5-10(9)19-11/h2-5,11H,6-8H2,1H3,(H,15,18). The summed E-state index contributed by atoms with van der Waals surface area (Å²) in [7, 11) is 1.70.